The molecule has 2 rings (SSSR count). The van der Waals surface area contributed by atoms with Crippen molar-refractivity contribution in [3.63, 3.8) is 0 Å². The Kier molecular flexibility index (Phi) is 4.10. The lowest BCUT2D eigenvalue weighted by Gasteiger charge is -2.12. The molecule has 4 nitrogen and oxygen atoms in total. The number of aromatic nitrogens is 2. The summed E-state index contributed by atoms with van der Waals surface area (Å²) in [5, 5.41) is 0.642. The van der Waals surface area contributed by atoms with Crippen LogP contribution >= 0.6 is 11.6 Å². The van der Waals surface area contributed by atoms with Crippen LogP contribution in [-0.4, -0.2) is 22.1 Å². The minimum atomic E-state index is -0.383. The highest BCUT2D eigenvalue weighted by Crippen LogP contribution is 2.25. The maximum atomic E-state index is 11.9. The number of imidazole rings is 1. The monoisotopic (exact) mass is 280 g/mol. The van der Waals surface area contributed by atoms with E-state index in [1.807, 2.05) is 36.6 Å². The van der Waals surface area contributed by atoms with Crippen LogP contribution in [0.5, 0.6) is 0 Å². The summed E-state index contributed by atoms with van der Waals surface area (Å²) in [6.07, 6.45) is 0. The molecule has 19 heavy (non-hydrogen) atoms. The van der Waals surface area contributed by atoms with E-state index < -0.39 is 0 Å². The summed E-state index contributed by atoms with van der Waals surface area (Å²) in [6.45, 7) is 6.76. The lowest BCUT2D eigenvalue weighted by Crippen LogP contribution is -2.17. The summed E-state index contributed by atoms with van der Waals surface area (Å²) in [7, 11) is 0. The molecular weight excluding hydrogens is 264 g/mol. The van der Waals surface area contributed by atoms with Crippen molar-refractivity contribution < 1.29 is 9.53 Å². The molecule has 0 spiro atoms. The van der Waals surface area contributed by atoms with E-state index in [1.165, 1.54) is 0 Å². The molecule has 1 aromatic carbocycles. The molecule has 0 saturated carbocycles. The van der Waals surface area contributed by atoms with Gasteiger partial charge in [0.2, 0.25) is 0 Å². The number of nitrogens with zero attached hydrogens (tertiary/aromatic N) is 2. The predicted molar refractivity (Wildman–Crippen MR) is 75.5 cm³/mol. The van der Waals surface area contributed by atoms with Crippen molar-refractivity contribution in [2.75, 3.05) is 6.61 Å². The highest BCUT2D eigenvalue weighted by Gasteiger charge is 2.23. The Hall–Kier alpha value is -1.55. The van der Waals surface area contributed by atoms with Gasteiger partial charge in [-0.3, -0.25) is 4.79 Å². The van der Waals surface area contributed by atoms with E-state index in [9.17, 15) is 4.79 Å². The highest BCUT2D eigenvalue weighted by molar-refractivity contribution is 6.31. The first-order valence-electron chi connectivity index (χ1n) is 6.40. The zero-order chi connectivity index (χ0) is 14.0. The normalized spacial score (nSPS) is 12.6. The number of aryl methyl sites for hydroxylation is 1. The van der Waals surface area contributed by atoms with Crippen molar-refractivity contribution in [2.24, 2.45) is 0 Å². The van der Waals surface area contributed by atoms with Crippen LogP contribution in [0.15, 0.2) is 18.2 Å². The third kappa shape index (κ3) is 2.59. The van der Waals surface area contributed by atoms with Gasteiger partial charge in [-0.1, -0.05) is 11.6 Å². The Labute approximate surface area is 117 Å². The molecule has 0 fully saturated rings. The maximum Gasteiger partial charge on any atom is 0.316 e. The van der Waals surface area contributed by atoms with E-state index in [-0.39, 0.29) is 11.9 Å². The summed E-state index contributed by atoms with van der Waals surface area (Å²) < 4.78 is 7.08. The van der Waals surface area contributed by atoms with Gasteiger partial charge in [0.25, 0.3) is 0 Å². The summed E-state index contributed by atoms with van der Waals surface area (Å²) >= 11 is 5.97. The smallest absolute Gasteiger partial charge is 0.316 e. The molecule has 2 aromatic rings. The fourth-order valence-electron chi connectivity index (χ4n) is 2.16. The molecule has 102 valence electrons. The van der Waals surface area contributed by atoms with Crippen molar-refractivity contribution in [1.29, 1.82) is 0 Å². The number of hydrogen-bond donors (Lipinski definition) is 0. The molecule has 1 heterocycles. The Morgan fingerprint density at radius 1 is 1.47 bits per heavy atom. The molecule has 0 aliphatic rings. The van der Waals surface area contributed by atoms with Gasteiger partial charge < -0.3 is 9.30 Å². The number of fused-ring (bicyclic) bond motifs is 1. The van der Waals surface area contributed by atoms with Crippen LogP contribution < -0.4 is 0 Å². The van der Waals surface area contributed by atoms with E-state index in [0.717, 1.165) is 23.4 Å². The van der Waals surface area contributed by atoms with Crippen molar-refractivity contribution in [3.8, 4) is 0 Å². The third-order valence-corrected chi connectivity index (χ3v) is 3.32. The van der Waals surface area contributed by atoms with Gasteiger partial charge in [0.1, 0.15) is 11.7 Å². The molecule has 0 aliphatic carbocycles. The zero-order valence-electron chi connectivity index (χ0n) is 11.3. The molecule has 0 aliphatic heterocycles. The average molecular weight is 281 g/mol. The molecule has 0 saturated heterocycles. The summed E-state index contributed by atoms with van der Waals surface area (Å²) in [6, 6.07) is 5.57. The van der Waals surface area contributed by atoms with Gasteiger partial charge in [-0.25, -0.2) is 4.98 Å². The largest absolute Gasteiger partial charge is 0.465 e. The van der Waals surface area contributed by atoms with Crippen molar-refractivity contribution in [3.05, 3.63) is 29.0 Å². The molecule has 1 unspecified atom stereocenters. The molecule has 1 aromatic heterocycles. The van der Waals surface area contributed by atoms with E-state index in [2.05, 4.69) is 4.98 Å². The molecule has 1 atom stereocenters. The second-order valence-electron chi connectivity index (χ2n) is 4.32. The van der Waals surface area contributed by atoms with Crippen molar-refractivity contribution >= 4 is 28.6 Å². The van der Waals surface area contributed by atoms with Gasteiger partial charge >= 0.3 is 5.97 Å². The van der Waals surface area contributed by atoms with Gasteiger partial charge in [-0.15, -0.1) is 0 Å². The standard InChI is InChI=1S/C14H17ClN2O2/c1-4-17-12-7-6-10(15)8-11(12)16-13(17)9(3)14(18)19-5-2/h6-9H,4-5H2,1-3H3. The average Bonchev–Trinajstić information content (AvgIpc) is 2.75. The van der Waals surface area contributed by atoms with Crippen LogP contribution in [0.25, 0.3) is 11.0 Å². The van der Waals surface area contributed by atoms with Crippen LogP contribution in [0.4, 0.5) is 0 Å². The first-order valence-corrected chi connectivity index (χ1v) is 6.78. The van der Waals surface area contributed by atoms with Gasteiger partial charge in [-0.05, 0) is 39.0 Å². The Balaban J connectivity index is 2.50. The number of carbonyl (C=O) groups excluding carboxylic acids is 1. The van der Waals surface area contributed by atoms with Gasteiger partial charge in [-0.2, -0.15) is 0 Å². The van der Waals surface area contributed by atoms with Crippen molar-refractivity contribution in [2.45, 2.75) is 33.2 Å². The molecule has 0 radical (unpaired) electrons. The quantitative estimate of drug-likeness (QED) is 0.807. The fraction of sp³-hybridized carbons (Fsp3) is 0.429. The SMILES string of the molecule is CCOC(=O)C(C)c1nc2cc(Cl)ccc2n1CC. The zero-order valence-corrected chi connectivity index (χ0v) is 12.1. The number of hydrogen-bond acceptors (Lipinski definition) is 3. The van der Waals surface area contributed by atoms with Gasteiger partial charge in [0.15, 0.2) is 0 Å². The van der Waals surface area contributed by atoms with Gasteiger partial charge in [0.05, 0.1) is 17.6 Å². The number of halogens is 1. The molecule has 0 bridgehead atoms. The van der Waals surface area contributed by atoms with Crippen LogP contribution in [0.3, 0.4) is 0 Å². The van der Waals surface area contributed by atoms with Gasteiger partial charge in [0, 0.05) is 11.6 Å². The topological polar surface area (TPSA) is 44.1 Å². The first-order chi connectivity index (χ1) is 9.08. The lowest BCUT2D eigenvalue weighted by atomic mass is 10.1. The van der Waals surface area contributed by atoms with E-state index in [4.69, 9.17) is 16.3 Å². The van der Waals surface area contributed by atoms with Crippen LogP contribution in [-0.2, 0) is 16.1 Å². The first kappa shape index (κ1) is 13.9. The molecular formula is C14H17ClN2O2. The predicted octanol–water partition coefficient (Wildman–Crippen LogP) is 3.38. The lowest BCUT2D eigenvalue weighted by molar-refractivity contribution is -0.144. The Bertz CT molecular complexity index is 607. The Morgan fingerprint density at radius 2 is 2.21 bits per heavy atom. The van der Waals surface area contributed by atoms with E-state index in [1.54, 1.807) is 6.92 Å². The fourth-order valence-corrected chi connectivity index (χ4v) is 2.32. The Morgan fingerprint density at radius 3 is 2.84 bits per heavy atom. The van der Waals surface area contributed by atoms with Crippen LogP contribution in [0, 0.1) is 0 Å². The van der Waals surface area contributed by atoms with E-state index >= 15 is 0 Å². The number of carbonyl (C=O) groups is 1. The van der Waals surface area contributed by atoms with Crippen molar-refractivity contribution in [1.82, 2.24) is 9.55 Å². The highest BCUT2D eigenvalue weighted by atomic mass is 35.5. The maximum absolute atomic E-state index is 11.9. The third-order valence-electron chi connectivity index (χ3n) is 3.08. The molecule has 0 N–H and O–H groups in total. The van der Waals surface area contributed by atoms with E-state index in [0.29, 0.717) is 11.6 Å². The summed E-state index contributed by atoms with van der Waals surface area (Å²) in [5.74, 6) is 0.0860. The summed E-state index contributed by atoms with van der Waals surface area (Å²) in [5.41, 5.74) is 1.79. The second kappa shape index (κ2) is 5.61. The number of benzene rings is 1. The number of ether oxygens (including phenoxy) is 1. The minimum Gasteiger partial charge on any atom is -0.465 e. The number of esters is 1. The number of rotatable bonds is 4. The van der Waals surface area contributed by atoms with Crippen LogP contribution in [0.2, 0.25) is 5.02 Å². The minimum absolute atomic E-state index is 0.251. The molecule has 0 amide bonds. The van der Waals surface area contributed by atoms with Crippen LogP contribution in [0.1, 0.15) is 32.5 Å². The second-order valence-corrected chi connectivity index (χ2v) is 4.76. The summed E-state index contributed by atoms with van der Waals surface area (Å²) in [4.78, 5) is 16.4. The molecule has 5 heteroatoms.